The van der Waals surface area contributed by atoms with Gasteiger partial charge >= 0.3 is 0 Å². The number of rotatable bonds is 5. The zero-order valence-electron chi connectivity index (χ0n) is 20.6. The summed E-state index contributed by atoms with van der Waals surface area (Å²) in [4.78, 5) is 29.6. The first-order valence-corrected chi connectivity index (χ1v) is 11.5. The first kappa shape index (κ1) is 23.6. The lowest BCUT2D eigenvalue weighted by Crippen LogP contribution is -2.55. The molecule has 2 atom stereocenters. The van der Waals surface area contributed by atoms with Crippen molar-refractivity contribution in [2.75, 3.05) is 26.0 Å². The number of aromatic nitrogens is 3. The minimum atomic E-state index is -0.544. The van der Waals surface area contributed by atoms with Crippen LogP contribution in [0.5, 0.6) is 0 Å². The second-order valence-electron chi connectivity index (χ2n) is 10.6. The van der Waals surface area contributed by atoms with Crippen molar-refractivity contribution in [1.29, 1.82) is 0 Å². The van der Waals surface area contributed by atoms with E-state index in [2.05, 4.69) is 66.8 Å². The molecule has 0 aliphatic carbocycles. The van der Waals surface area contributed by atoms with Crippen LogP contribution in [0.1, 0.15) is 58.1 Å². The topological polar surface area (TPSA) is 86.4 Å². The van der Waals surface area contributed by atoms with E-state index in [0.29, 0.717) is 18.1 Å². The summed E-state index contributed by atoms with van der Waals surface area (Å²) in [6, 6.07) is 0. The van der Waals surface area contributed by atoms with Crippen molar-refractivity contribution in [2.24, 2.45) is 11.8 Å². The summed E-state index contributed by atoms with van der Waals surface area (Å²) in [5.74, 6) is 0.359. The fourth-order valence-corrected chi connectivity index (χ4v) is 5.17. The number of carbonyl (C=O) groups is 1. The summed E-state index contributed by atoms with van der Waals surface area (Å²) in [5, 5.41) is 3.10. The summed E-state index contributed by atoms with van der Waals surface area (Å²) >= 11 is 0. The summed E-state index contributed by atoms with van der Waals surface area (Å²) in [6.45, 7) is 12.2. The molecule has 0 bridgehead atoms. The molecule has 8 nitrogen and oxygen atoms in total. The quantitative estimate of drug-likeness (QED) is 0.709. The molecule has 1 unspecified atom stereocenters. The van der Waals surface area contributed by atoms with Crippen molar-refractivity contribution in [2.45, 2.75) is 65.3 Å². The van der Waals surface area contributed by atoms with Crippen molar-refractivity contribution < 1.29 is 13.9 Å². The number of piperidine rings is 1. The third-order valence-electron chi connectivity index (χ3n) is 7.50. The molecular formula is C24H35FN6O2. The molecule has 2 aliphatic heterocycles. The van der Waals surface area contributed by atoms with Crippen LogP contribution >= 0.6 is 0 Å². The number of fused-ring (bicyclic) bond motifs is 1. The number of likely N-dealkylation sites (tertiary alicyclic amines) is 1. The highest BCUT2D eigenvalue weighted by atomic mass is 19.1. The Morgan fingerprint density at radius 2 is 2.09 bits per heavy atom. The second-order valence-corrected chi connectivity index (χ2v) is 10.6. The summed E-state index contributed by atoms with van der Waals surface area (Å²) in [6.07, 6.45) is 3.77. The molecule has 180 valence electrons. The van der Waals surface area contributed by atoms with Gasteiger partial charge in [0.05, 0.1) is 24.0 Å². The van der Waals surface area contributed by atoms with Crippen molar-refractivity contribution in [3.8, 4) is 0 Å². The molecule has 2 aliphatic rings. The maximum atomic E-state index is 14.4. The number of aromatic amines is 1. The molecule has 2 aromatic rings. The molecule has 9 heteroatoms. The van der Waals surface area contributed by atoms with Gasteiger partial charge in [-0.1, -0.05) is 6.92 Å². The van der Waals surface area contributed by atoms with Crippen LogP contribution in [0.4, 0.5) is 15.9 Å². The van der Waals surface area contributed by atoms with Gasteiger partial charge in [0.25, 0.3) is 0 Å². The largest absolute Gasteiger partial charge is 0.377 e. The first-order valence-electron chi connectivity index (χ1n) is 11.5. The minimum absolute atomic E-state index is 0.0256. The van der Waals surface area contributed by atoms with Crippen LogP contribution in [-0.4, -0.2) is 56.9 Å². The smallest absolute Gasteiger partial charge is 0.227 e. The lowest BCUT2D eigenvalue weighted by Gasteiger charge is -2.48. The Hall–Kier alpha value is -2.52. The number of nitrogens with one attached hydrogen (secondary N) is 2. The Morgan fingerprint density at radius 1 is 1.36 bits per heavy atom. The third kappa shape index (κ3) is 4.12. The fraction of sp³-hybridized carbons (Fsp3) is 0.625. The Labute approximate surface area is 194 Å². The highest BCUT2D eigenvalue weighted by Crippen LogP contribution is 2.45. The standard InChI is InChI=1S/C24H35FN6O2/c1-14-11-30(6)23(2,3)8-15(14)22(32)31-12-16-18(10-27-20(16)24(31,4)5)28-21-17(25)9-26-19(29-21)13-33-7/h9-10,14-15,27H,8,11-13H2,1-7H3,(H,26,28,29)/t14-,15?/m0/s1. The molecule has 1 fully saturated rings. The van der Waals surface area contributed by atoms with E-state index in [-0.39, 0.29) is 35.7 Å². The van der Waals surface area contributed by atoms with Gasteiger partial charge in [-0.3, -0.25) is 4.79 Å². The van der Waals surface area contributed by atoms with Crippen LogP contribution in [0.25, 0.3) is 0 Å². The Kier molecular flexibility index (Phi) is 5.99. The number of amides is 1. The predicted octanol–water partition coefficient (Wildman–Crippen LogP) is 3.78. The van der Waals surface area contributed by atoms with Gasteiger partial charge in [0.15, 0.2) is 17.5 Å². The van der Waals surface area contributed by atoms with Crippen LogP contribution in [0, 0.1) is 17.7 Å². The molecule has 0 radical (unpaired) electrons. The van der Waals surface area contributed by atoms with Gasteiger partial charge in [0, 0.05) is 42.6 Å². The SMILES string of the molecule is COCc1ncc(F)c(Nc2c[nH]c3c2CN(C(=O)C2CC(C)(C)N(C)C[C@@H]2C)C3(C)C)n1. The molecule has 4 rings (SSSR count). The summed E-state index contributed by atoms with van der Waals surface area (Å²) < 4.78 is 19.5. The number of H-pyrrole nitrogens is 1. The average molecular weight is 459 g/mol. The van der Waals surface area contributed by atoms with E-state index < -0.39 is 11.4 Å². The summed E-state index contributed by atoms with van der Waals surface area (Å²) in [5.41, 5.74) is 2.11. The number of hydrogen-bond donors (Lipinski definition) is 2. The monoisotopic (exact) mass is 458 g/mol. The summed E-state index contributed by atoms with van der Waals surface area (Å²) in [7, 11) is 3.67. The molecule has 2 aromatic heterocycles. The van der Waals surface area contributed by atoms with Crippen LogP contribution in [-0.2, 0) is 28.2 Å². The van der Waals surface area contributed by atoms with Crippen LogP contribution in [0.2, 0.25) is 0 Å². The van der Waals surface area contributed by atoms with E-state index in [0.717, 1.165) is 30.4 Å². The van der Waals surface area contributed by atoms with Crippen molar-refractivity contribution in [1.82, 2.24) is 24.8 Å². The van der Waals surface area contributed by atoms with E-state index in [4.69, 9.17) is 4.74 Å². The van der Waals surface area contributed by atoms with E-state index in [1.807, 2.05) is 11.1 Å². The molecule has 0 saturated carbocycles. The van der Waals surface area contributed by atoms with Gasteiger partial charge in [0.2, 0.25) is 5.91 Å². The molecule has 1 amide bonds. The number of anilines is 2. The van der Waals surface area contributed by atoms with Gasteiger partial charge in [-0.25, -0.2) is 14.4 Å². The fourth-order valence-electron chi connectivity index (χ4n) is 5.17. The maximum absolute atomic E-state index is 14.4. The number of methoxy groups -OCH3 is 1. The third-order valence-corrected chi connectivity index (χ3v) is 7.50. The Balaban J connectivity index is 1.59. The Morgan fingerprint density at radius 3 is 2.79 bits per heavy atom. The van der Waals surface area contributed by atoms with Crippen LogP contribution in [0.15, 0.2) is 12.4 Å². The van der Waals surface area contributed by atoms with Crippen LogP contribution in [0.3, 0.4) is 0 Å². The van der Waals surface area contributed by atoms with E-state index in [1.165, 1.54) is 0 Å². The van der Waals surface area contributed by atoms with Gasteiger partial charge in [-0.2, -0.15) is 0 Å². The number of ether oxygens (including phenoxy) is 1. The number of carbonyl (C=O) groups excluding carboxylic acids is 1. The molecule has 1 saturated heterocycles. The second kappa shape index (κ2) is 8.36. The van der Waals surface area contributed by atoms with Gasteiger partial charge in [-0.05, 0) is 47.1 Å². The highest BCUT2D eigenvalue weighted by molar-refractivity contribution is 5.82. The maximum Gasteiger partial charge on any atom is 0.227 e. The van der Waals surface area contributed by atoms with E-state index in [9.17, 15) is 9.18 Å². The molecule has 33 heavy (non-hydrogen) atoms. The van der Waals surface area contributed by atoms with E-state index in [1.54, 1.807) is 7.11 Å². The molecule has 4 heterocycles. The Bertz CT molecular complexity index is 1050. The lowest BCUT2D eigenvalue weighted by molar-refractivity contribution is -0.147. The number of hydrogen-bond acceptors (Lipinski definition) is 6. The van der Waals surface area contributed by atoms with Crippen molar-refractivity contribution in [3.63, 3.8) is 0 Å². The van der Waals surface area contributed by atoms with Gasteiger partial charge < -0.3 is 24.8 Å². The zero-order valence-corrected chi connectivity index (χ0v) is 20.6. The highest BCUT2D eigenvalue weighted by Gasteiger charge is 2.48. The van der Waals surface area contributed by atoms with Gasteiger partial charge in [-0.15, -0.1) is 0 Å². The molecular weight excluding hydrogens is 423 g/mol. The average Bonchev–Trinajstić information content (AvgIpc) is 3.25. The number of halogens is 1. The number of nitrogens with zero attached hydrogens (tertiary/aromatic N) is 4. The lowest BCUT2D eigenvalue weighted by atomic mass is 9.76. The minimum Gasteiger partial charge on any atom is -0.377 e. The van der Waals surface area contributed by atoms with E-state index >= 15 is 0 Å². The predicted molar refractivity (Wildman–Crippen MR) is 124 cm³/mol. The van der Waals surface area contributed by atoms with Crippen molar-refractivity contribution >= 4 is 17.4 Å². The van der Waals surface area contributed by atoms with Crippen LogP contribution < -0.4 is 5.32 Å². The van der Waals surface area contributed by atoms with Crippen molar-refractivity contribution in [3.05, 3.63) is 35.3 Å². The normalized spacial score (nSPS) is 24.1. The molecule has 0 aromatic carbocycles. The molecule has 0 spiro atoms. The first-order chi connectivity index (χ1) is 15.5. The van der Waals surface area contributed by atoms with Gasteiger partial charge in [0.1, 0.15) is 6.61 Å². The zero-order chi connectivity index (χ0) is 24.1. The molecule has 2 N–H and O–H groups in total.